The van der Waals surface area contributed by atoms with Gasteiger partial charge in [-0.2, -0.15) is 0 Å². The third kappa shape index (κ3) is 4.28. The monoisotopic (exact) mass is 427 g/mol. The number of benzene rings is 4. The number of hydrogen-bond acceptors (Lipinski definition) is 2. The van der Waals surface area contributed by atoms with Gasteiger partial charge in [0.2, 0.25) is 0 Å². The molecule has 0 amide bonds. The van der Waals surface area contributed by atoms with Gasteiger partial charge in [-0.3, -0.25) is 0 Å². The molecule has 0 aliphatic rings. The molecule has 2 nitrogen and oxygen atoms in total. The fourth-order valence-electron chi connectivity index (χ4n) is 3.45. The van der Waals surface area contributed by atoms with Crippen LogP contribution in [0.2, 0.25) is 0 Å². The zero-order valence-electron chi connectivity index (χ0n) is 16.4. The zero-order chi connectivity index (χ0) is 20.8. The first-order valence-corrected chi connectivity index (χ1v) is 11.9. The summed E-state index contributed by atoms with van der Waals surface area (Å²) in [5.41, 5.74) is 2.03. The summed E-state index contributed by atoms with van der Waals surface area (Å²) in [5, 5.41) is 5.73. The number of hydrogen-bond donors (Lipinski definition) is 1. The van der Waals surface area contributed by atoms with Crippen LogP contribution < -0.4 is 21.2 Å². The molecule has 0 aliphatic carbocycles. The maximum atomic E-state index is 14.5. The van der Waals surface area contributed by atoms with Crippen molar-refractivity contribution >= 4 is 40.3 Å². The maximum Gasteiger partial charge on any atom is 0.171 e. The Kier molecular flexibility index (Phi) is 6.23. The van der Waals surface area contributed by atoms with Gasteiger partial charge in [-0.1, -0.05) is 121 Å². The third-order valence-corrected chi connectivity index (χ3v) is 8.44. The fraction of sp³-hybridized carbons (Fsp3) is 0.0385. The number of rotatable bonds is 6. The fourth-order valence-corrected chi connectivity index (χ4v) is 6.34. The van der Waals surface area contributed by atoms with E-state index in [4.69, 9.17) is 12.2 Å². The van der Waals surface area contributed by atoms with Crippen LogP contribution in [0.4, 0.5) is 0 Å². The zero-order valence-corrected chi connectivity index (χ0v) is 18.2. The highest BCUT2D eigenvalue weighted by atomic mass is 32.1. The molecule has 4 aromatic carbocycles. The molecule has 4 heteroatoms. The van der Waals surface area contributed by atoms with Crippen molar-refractivity contribution in [2.45, 2.75) is 6.54 Å². The van der Waals surface area contributed by atoms with E-state index in [1.807, 2.05) is 103 Å². The molecular weight excluding hydrogens is 405 g/mol. The van der Waals surface area contributed by atoms with Gasteiger partial charge in [0, 0.05) is 28.0 Å². The molecule has 0 fully saturated rings. The minimum atomic E-state index is -3.01. The predicted octanol–water partition coefficient (Wildman–Crippen LogP) is 4.79. The van der Waals surface area contributed by atoms with Gasteiger partial charge >= 0.3 is 0 Å². The Morgan fingerprint density at radius 3 is 1.73 bits per heavy atom. The van der Waals surface area contributed by atoms with E-state index in [1.165, 1.54) is 0 Å². The van der Waals surface area contributed by atoms with Crippen LogP contribution in [-0.2, 0) is 11.1 Å². The Morgan fingerprint density at radius 1 is 0.667 bits per heavy atom. The molecule has 0 aromatic heterocycles. The normalized spacial score (nSPS) is 11.1. The molecule has 0 unspecified atom stereocenters. The SMILES string of the molecule is O=P(c1ccccc1)(c1ccccc1)c1cccc(C(=S)NCc2ccccc2)c1. The van der Waals surface area contributed by atoms with Gasteiger partial charge in [0.05, 0.1) is 0 Å². The molecule has 0 bridgehead atoms. The topological polar surface area (TPSA) is 29.1 Å². The van der Waals surface area contributed by atoms with Crippen LogP contribution in [0.3, 0.4) is 0 Å². The molecule has 0 saturated heterocycles. The van der Waals surface area contributed by atoms with Crippen molar-refractivity contribution < 1.29 is 4.57 Å². The quantitative estimate of drug-likeness (QED) is 0.354. The second kappa shape index (κ2) is 9.21. The second-order valence-corrected chi connectivity index (χ2v) is 10.2. The Morgan fingerprint density at radius 2 is 1.17 bits per heavy atom. The Bertz CT molecular complexity index is 1130. The standard InChI is InChI=1S/C26H22NOPS/c28-29(23-14-6-2-7-15-23,24-16-8-3-9-17-24)25-18-10-13-22(19-25)26(30)27-20-21-11-4-1-5-12-21/h1-19H,20H2,(H,27,30). The van der Waals surface area contributed by atoms with Crippen molar-refractivity contribution in [2.24, 2.45) is 0 Å². The van der Waals surface area contributed by atoms with Crippen molar-refractivity contribution in [3.63, 3.8) is 0 Å². The summed E-state index contributed by atoms with van der Waals surface area (Å²) in [5.74, 6) is 0. The second-order valence-electron chi connectivity index (χ2n) is 7.00. The van der Waals surface area contributed by atoms with Gasteiger partial charge in [-0.05, 0) is 11.6 Å². The molecule has 0 heterocycles. The van der Waals surface area contributed by atoms with Crippen LogP contribution in [-0.4, -0.2) is 4.99 Å². The first kappa shape index (κ1) is 20.3. The minimum absolute atomic E-state index is 0.647. The molecule has 0 atom stereocenters. The summed E-state index contributed by atoms with van der Waals surface area (Å²) >= 11 is 5.63. The molecule has 4 aromatic rings. The van der Waals surface area contributed by atoms with Crippen molar-refractivity contribution in [3.05, 3.63) is 126 Å². The summed E-state index contributed by atoms with van der Waals surface area (Å²) in [7, 11) is -3.01. The van der Waals surface area contributed by atoms with Crippen LogP contribution in [0.15, 0.2) is 115 Å². The van der Waals surface area contributed by atoms with Gasteiger partial charge in [0.25, 0.3) is 0 Å². The average Bonchev–Trinajstić information content (AvgIpc) is 2.84. The highest BCUT2D eigenvalue weighted by Gasteiger charge is 2.29. The number of nitrogens with one attached hydrogen (secondary N) is 1. The summed E-state index contributed by atoms with van der Waals surface area (Å²) in [6.07, 6.45) is 0. The van der Waals surface area contributed by atoms with Crippen molar-refractivity contribution in [1.29, 1.82) is 0 Å². The average molecular weight is 428 g/mol. The van der Waals surface area contributed by atoms with Crippen molar-refractivity contribution in [2.75, 3.05) is 0 Å². The minimum Gasteiger partial charge on any atom is -0.372 e. The largest absolute Gasteiger partial charge is 0.372 e. The van der Waals surface area contributed by atoms with Crippen LogP contribution in [0.5, 0.6) is 0 Å². The molecular formula is C26H22NOPS. The van der Waals surface area contributed by atoms with E-state index in [-0.39, 0.29) is 0 Å². The summed E-state index contributed by atoms with van der Waals surface area (Å²) in [6.45, 7) is 0.652. The number of thiocarbonyl (C=S) groups is 1. The lowest BCUT2D eigenvalue weighted by Crippen LogP contribution is -2.27. The summed E-state index contributed by atoms with van der Waals surface area (Å²) in [6, 6.07) is 37.3. The van der Waals surface area contributed by atoms with E-state index in [9.17, 15) is 4.57 Å². The molecule has 4 rings (SSSR count). The Labute approximate surface area is 183 Å². The molecule has 0 radical (unpaired) electrons. The smallest absolute Gasteiger partial charge is 0.171 e. The third-order valence-electron chi connectivity index (χ3n) is 5.01. The maximum absolute atomic E-state index is 14.5. The van der Waals surface area contributed by atoms with Crippen molar-refractivity contribution in [3.8, 4) is 0 Å². The van der Waals surface area contributed by atoms with Gasteiger partial charge in [0.15, 0.2) is 7.14 Å². The van der Waals surface area contributed by atoms with Gasteiger partial charge in [0.1, 0.15) is 4.99 Å². The first-order valence-electron chi connectivity index (χ1n) is 9.82. The van der Waals surface area contributed by atoms with E-state index in [0.717, 1.165) is 27.0 Å². The predicted molar refractivity (Wildman–Crippen MR) is 131 cm³/mol. The lowest BCUT2D eigenvalue weighted by molar-refractivity contribution is 0.592. The molecule has 0 spiro atoms. The van der Waals surface area contributed by atoms with Gasteiger partial charge in [-0.25, -0.2) is 0 Å². The molecule has 30 heavy (non-hydrogen) atoms. The summed E-state index contributed by atoms with van der Waals surface area (Å²) in [4.78, 5) is 0.647. The lowest BCUT2D eigenvalue weighted by Gasteiger charge is -2.21. The highest BCUT2D eigenvalue weighted by molar-refractivity contribution is 7.85. The van der Waals surface area contributed by atoms with Gasteiger partial charge < -0.3 is 9.88 Å². The molecule has 0 saturated carbocycles. The Balaban J connectivity index is 1.69. The first-order chi connectivity index (χ1) is 14.7. The van der Waals surface area contributed by atoms with E-state index in [1.54, 1.807) is 0 Å². The van der Waals surface area contributed by atoms with E-state index in [2.05, 4.69) is 17.4 Å². The molecule has 0 aliphatic heterocycles. The van der Waals surface area contributed by atoms with Crippen LogP contribution in [0, 0.1) is 0 Å². The van der Waals surface area contributed by atoms with Crippen molar-refractivity contribution in [1.82, 2.24) is 5.32 Å². The molecule has 148 valence electrons. The summed E-state index contributed by atoms with van der Waals surface area (Å²) < 4.78 is 14.5. The Hall–Kier alpha value is -3.00. The van der Waals surface area contributed by atoms with Crippen LogP contribution >= 0.6 is 19.4 Å². The lowest BCUT2D eigenvalue weighted by atomic mass is 10.2. The highest BCUT2D eigenvalue weighted by Crippen LogP contribution is 2.42. The van der Waals surface area contributed by atoms with E-state index in [0.29, 0.717) is 11.5 Å². The van der Waals surface area contributed by atoms with E-state index < -0.39 is 7.14 Å². The van der Waals surface area contributed by atoms with E-state index >= 15 is 0 Å². The van der Waals surface area contributed by atoms with Crippen LogP contribution in [0.25, 0.3) is 0 Å². The van der Waals surface area contributed by atoms with Crippen LogP contribution in [0.1, 0.15) is 11.1 Å². The van der Waals surface area contributed by atoms with Gasteiger partial charge in [-0.15, -0.1) is 0 Å². The molecule has 1 N–H and O–H groups in total.